The summed E-state index contributed by atoms with van der Waals surface area (Å²) in [4.78, 5) is 1.99. The lowest BCUT2D eigenvalue weighted by molar-refractivity contribution is 0.464. The van der Waals surface area contributed by atoms with Crippen LogP contribution in [-0.2, 0) is 19.9 Å². The minimum Gasteiger partial charge on any atom is -0.377 e. The molecule has 0 amide bonds. The van der Waals surface area contributed by atoms with E-state index in [2.05, 4.69) is 12.5 Å². The van der Waals surface area contributed by atoms with Gasteiger partial charge in [0.1, 0.15) is 0 Å². The fourth-order valence-electron chi connectivity index (χ4n) is 2.72. The Balaban J connectivity index is 2.58. The SMILES string of the molecule is C#CCN(CCS(=O)(=O)C=C)S(=O)(=O)c1cccc2c(N(C)C)cccc12. The summed E-state index contributed by atoms with van der Waals surface area (Å²) in [7, 11) is -3.79. The van der Waals surface area contributed by atoms with Crippen LogP contribution in [0.15, 0.2) is 53.3 Å². The third-order valence-corrected chi connectivity index (χ3v) is 7.27. The second kappa shape index (κ2) is 8.13. The number of sulfonamides is 1. The Morgan fingerprint density at radius 3 is 2.30 bits per heavy atom. The lowest BCUT2D eigenvalue weighted by atomic mass is 10.1. The minimum atomic E-state index is -3.99. The standard InChI is InChI=1S/C19H22N2O4S2/c1-5-13-21(14-15-26(22,23)6-2)27(24,25)19-12-8-9-16-17(19)10-7-11-18(16)20(3)4/h1,6-12H,2,13-15H2,3-4H3. The number of fused-ring (bicyclic) bond motifs is 1. The van der Waals surface area contributed by atoms with Crippen LogP contribution in [0.5, 0.6) is 0 Å². The molecular weight excluding hydrogens is 384 g/mol. The quantitative estimate of drug-likeness (QED) is 0.628. The molecule has 0 aromatic heterocycles. The average Bonchev–Trinajstić information content (AvgIpc) is 2.63. The van der Waals surface area contributed by atoms with Gasteiger partial charge in [-0.1, -0.05) is 36.8 Å². The largest absolute Gasteiger partial charge is 0.377 e. The normalized spacial score (nSPS) is 12.1. The highest BCUT2D eigenvalue weighted by Gasteiger charge is 2.27. The van der Waals surface area contributed by atoms with Gasteiger partial charge in [-0.15, -0.1) is 6.42 Å². The minimum absolute atomic E-state index is 0.0925. The molecule has 0 saturated carbocycles. The zero-order valence-electron chi connectivity index (χ0n) is 15.3. The lowest BCUT2D eigenvalue weighted by Gasteiger charge is -2.22. The van der Waals surface area contributed by atoms with E-state index < -0.39 is 19.9 Å². The number of sulfone groups is 1. The second-order valence-electron chi connectivity index (χ2n) is 6.10. The molecule has 6 nitrogen and oxygen atoms in total. The van der Waals surface area contributed by atoms with Crippen molar-refractivity contribution in [1.29, 1.82) is 0 Å². The summed E-state index contributed by atoms with van der Waals surface area (Å²) in [6.45, 7) is 2.77. The Hall–Kier alpha value is -2.34. The summed E-state index contributed by atoms with van der Waals surface area (Å²) < 4.78 is 50.9. The highest BCUT2D eigenvalue weighted by atomic mass is 32.2. The fourth-order valence-corrected chi connectivity index (χ4v) is 5.03. The first kappa shape index (κ1) is 21.0. The van der Waals surface area contributed by atoms with E-state index in [9.17, 15) is 16.8 Å². The molecule has 0 atom stereocenters. The number of rotatable bonds is 8. The number of anilines is 1. The molecule has 0 aliphatic rings. The first-order chi connectivity index (χ1) is 12.6. The van der Waals surface area contributed by atoms with Crippen molar-refractivity contribution in [1.82, 2.24) is 4.31 Å². The van der Waals surface area contributed by atoms with Crippen LogP contribution in [0.4, 0.5) is 5.69 Å². The smallest absolute Gasteiger partial charge is 0.244 e. The summed E-state index contributed by atoms with van der Waals surface area (Å²) in [5.74, 6) is 1.91. The Bertz CT molecular complexity index is 1100. The first-order valence-electron chi connectivity index (χ1n) is 8.12. The van der Waals surface area contributed by atoms with E-state index in [0.717, 1.165) is 20.8 Å². The van der Waals surface area contributed by atoms with Crippen LogP contribution in [0.1, 0.15) is 0 Å². The maximum absolute atomic E-state index is 13.2. The van der Waals surface area contributed by atoms with Gasteiger partial charge >= 0.3 is 0 Å². The highest BCUT2D eigenvalue weighted by Crippen LogP contribution is 2.31. The van der Waals surface area contributed by atoms with Gasteiger partial charge in [0, 0.05) is 42.5 Å². The van der Waals surface area contributed by atoms with Gasteiger partial charge < -0.3 is 4.90 Å². The van der Waals surface area contributed by atoms with Gasteiger partial charge in [0.25, 0.3) is 0 Å². The molecule has 8 heteroatoms. The van der Waals surface area contributed by atoms with E-state index in [1.54, 1.807) is 18.2 Å². The number of hydrogen-bond donors (Lipinski definition) is 0. The van der Waals surface area contributed by atoms with Gasteiger partial charge in [-0.05, 0) is 12.1 Å². The summed E-state index contributed by atoms with van der Waals surface area (Å²) >= 11 is 0. The predicted octanol–water partition coefficient (Wildman–Crippen LogP) is 2.09. The monoisotopic (exact) mass is 406 g/mol. The first-order valence-corrected chi connectivity index (χ1v) is 11.3. The maximum atomic E-state index is 13.2. The molecule has 0 radical (unpaired) electrons. The van der Waals surface area contributed by atoms with E-state index in [1.165, 1.54) is 6.07 Å². The Labute approximate surface area is 161 Å². The van der Waals surface area contributed by atoms with Crippen molar-refractivity contribution >= 4 is 36.3 Å². The Morgan fingerprint density at radius 1 is 1.07 bits per heavy atom. The van der Waals surface area contributed by atoms with Gasteiger partial charge in [-0.3, -0.25) is 0 Å². The molecular formula is C19H22N2O4S2. The van der Waals surface area contributed by atoms with Crippen LogP contribution in [0.25, 0.3) is 10.8 Å². The number of benzene rings is 2. The van der Waals surface area contributed by atoms with Crippen molar-refractivity contribution in [2.24, 2.45) is 0 Å². The Morgan fingerprint density at radius 2 is 1.70 bits per heavy atom. The van der Waals surface area contributed by atoms with Gasteiger partial charge in [0.15, 0.2) is 9.84 Å². The molecule has 0 saturated heterocycles. The van der Waals surface area contributed by atoms with Gasteiger partial charge in [-0.25, -0.2) is 16.8 Å². The van der Waals surface area contributed by atoms with Gasteiger partial charge in [-0.2, -0.15) is 4.31 Å². The maximum Gasteiger partial charge on any atom is 0.244 e. The zero-order valence-corrected chi connectivity index (χ0v) is 16.9. The van der Waals surface area contributed by atoms with E-state index in [4.69, 9.17) is 6.42 Å². The third kappa shape index (κ3) is 4.50. The molecule has 0 fully saturated rings. The fraction of sp³-hybridized carbons (Fsp3) is 0.263. The van der Waals surface area contributed by atoms with Crippen molar-refractivity contribution in [3.8, 4) is 12.3 Å². The zero-order chi connectivity index (χ0) is 20.2. The van der Waals surface area contributed by atoms with E-state index >= 15 is 0 Å². The molecule has 0 aliphatic carbocycles. The van der Waals surface area contributed by atoms with Crippen LogP contribution in [0.3, 0.4) is 0 Å². The molecule has 0 N–H and O–H groups in total. The Kier molecular flexibility index (Phi) is 6.31. The summed E-state index contributed by atoms with van der Waals surface area (Å²) in [5.41, 5.74) is 0.877. The van der Waals surface area contributed by atoms with Crippen molar-refractivity contribution < 1.29 is 16.8 Å². The molecule has 2 aromatic carbocycles. The summed E-state index contributed by atoms with van der Waals surface area (Å²) in [6.07, 6.45) is 5.32. The van der Waals surface area contributed by atoms with Crippen molar-refractivity contribution in [2.45, 2.75) is 4.90 Å². The van der Waals surface area contributed by atoms with Gasteiger partial charge in [0.2, 0.25) is 10.0 Å². The number of hydrogen-bond acceptors (Lipinski definition) is 5. The van der Waals surface area contributed by atoms with Crippen molar-refractivity contribution in [3.63, 3.8) is 0 Å². The molecule has 27 heavy (non-hydrogen) atoms. The van der Waals surface area contributed by atoms with E-state index in [-0.39, 0.29) is 23.7 Å². The predicted molar refractivity (Wildman–Crippen MR) is 110 cm³/mol. The molecule has 0 bridgehead atoms. The van der Waals surface area contributed by atoms with E-state index in [1.807, 2.05) is 31.1 Å². The molecule has 2 rings (SSSR count). The van der Waals surface area contributed by atoms with Gasteiger partial charge in [0.05, 0.1) is 17.2 Å². The van der Waals surface area contributed by atoms with Crippen LogP contribution in [0, 0.1) is 12.3 Å². The van der Waals surface area contributed by atoms with Crippen molar-refractivity contribution in [2.75, 3.05) is 37.8 Å². The number of terminal acetylenes is 1. The molecule has 144 valence electrons. The highest BCUT2D eigenvalue weighted by molar-refractivity contribution is 7.94. The third-order valence-electron chi connectivity index (χ3n) is 4.11. The van der Waals surface area contributed by atoms with E-state index in [0.29, 0.717) is 5.39 Å². The molecule has 2 aromatic rings. The lowest BCUT2D eigenvalue weighted by Crippen LogP contribution is -2.35. The van der Waals surface area contributed by atoms with Crippen molar-refractivity contribution in [3.05, 3.63) is 48.4 Å². The molecule has 0 spiro atoms. The average molecular weight is 407 g/mol. The summed E-state index contributed by atoms with van der Waals surface area (Å²) in [6, 6.07) is 10.4. The molecule has 0 heterocycles. The molecule has 0 unspecified atom stereocenters. The van der Waals surface area contributed by atoms with Crippen LogP contribution < -0.4 is 4.90 Å². The number of nitrogens with zero attached hydrogens (tertiary/aromatic N) is 2. The topological polar surface area (TPSA) is 74.8 Å². The summed E-state index contributed by atoms with van der Waals surface area (Å²) in [5, 5.41) is 2.15. The van der Waals surface area contributed by atoms with Crippen LogP contribution in [0.2, 0.25) is 0 Å². The van der Waals surface area contributed by atoms with Crippen LogP contribution >= 0.6 is 0 Å². The molecule has 0 aliphatic heterocycles. The second-order valence-corrected chi connectivity index (χ2v) is 10.1. The van der Waals surface area contributed by atoms with Crippen LogP contribution in [-0.4, -0.2) is 54.1 Å².